The number of nitrogens with zero attached hydrogens (tertiary/aromatic N) is 6. The van der Waals surface area contributed by atoms with E-state index >= 15 is 0 Å². The van der Waals surface area contributed by atoms with Crippen LogP contribution in [0.15, 0.2) is 170 Å². The van der Waals surface area contributed by atoms with E-state index in [1.807, 2.05) is 0 Å². The van der Waals surface area contributed by atoms with Crippen LogP contribution < -0.4 is 0 Å². The fourth-order valence-electron chi connectivity index (χ4n) is 8.58. The molecule has 0 aliphatic carbocycles. The smallest absolute Gasteiger partial charge is 0.164 e. The highest BCUT2D eigenvalue weighted by Gasteiger charge is 2.16. The van der Waals surface area contributed by atoms with Crippen LogP contribution in [0.5, 0.6) is 0 Å². The summed E-state index contributed by atoms with van der Waals surface area (Å²) < 4.78 is 0. The molecule has 308 valence electrons. The Balaban J connectivity index is 1.18. The molecule has 0 amide bonds. The zero-order chi connectivity index (χ0) is 43.7. The molecule has 8 aromatic carbocycles. The Morgan fingerprint density at radius 1 is 0.250 bits per heavy atom. The molecule has 3 aromatic heterocycles. The number of hydrogen-bond acceptors (Lipinski definition) is 6. The van der Waals surface area contributed by atoms with Crippen molar-refractivity contribution in [3.8, 4) is 22.8 Å². The van der Waals surface area contributed by atoms with Gasteiger partial charge in [-0.05, 0) is 101 Å². The molecular weight excluding hydrogens is 781 g/mol. The van der Waals surface area contributed by atoms with Crippen molar-refractivity contribution in [2.75, 3.05) is 0 Å². The highest BCUT2D eigenvalue weighted by Crippen LogP contribution is 2.32. The molecule has 0 atom stereocenters. The average molecular weight is 827 g/mol. The van der Waals surface area contributed by atoms with E-state index in [0.29, 0.717) is 34.2 Å². The van der Waals surface area contributed by atoms with Crippen molar-refractivity contribution < 1.29 is 0 Å². The Bertz CT molecular complexity index is 3420. The minimum Gasteiger partial charge on any atom is -0.208 e. The second-order valence-electron chi connectivity index (χ2n) is 19.0. The van der Waals surface area contributed by atoms with Gasteiger partial charge in [0.1, 0.15) is 0 Å². The Kier molecular flexibility index (Phi) is 9.17. The third-order valence-electron chi connectivity index (χ3n) is 12.3. The first kappa shape index (κ1) is 39.2. The summed E-state index contributed by atoms with van der Waals surface area (Å²) in [5, 5.41) is 12.3. The Morgan fingerprint density at radius 2 is 0.516 bits per heavy atom. The van der Waals surface area contributed by atoms with Crippen LogP contribution in [-0.4, -0.2) is 29.9 Å². The molecular formula is C58H46N6. The minimum atomic E-state index is 0.0577. The molecule has 0 aliphatic rings. The molecule has 64 heavy (non-hydrogen) atoms. The average Bonchev–Trinajstić information content (AvgIpc) is 3.32. The van der Waals surface area contributed by atoms with E-state index in [9.17, 15) is 0 Å². The van der Waals surface area contributed by atoms with Crippen molar-refractivity contribution in [1.82, 2.24) is 29.9 Å². The van der Waals surface area contributed by atoms with Crippen molar-refractivity contribution in [1.29, 1.82) is 0 Å². The van der Waals surface area contributed by atoms with Gasteiger partial charge in [-0.25, -0.2) is 29.9 Å². The van der Waals surface area contributed by atoms with Crippen LogP contribution >= 0.6 is 0 Å². The number of benzene rings is 8. The van der Waals surface area contributed by atoms with Crippen molar-refractivity contribution in [3.63, 3.8) is 0 Å². The summed E-state index contributed by atoms with van der Waals surface area (Å²) in [6, 6.07) is 60.1. The molecule has 0 unspecified atom stereocenters. The van der Waals surface area contributed by atoms with Crippen LogP contribution in [0.25, 0.3) is 110 Å². The van der Waals surface area contributed by atoms with Gasteiger partial charge in [-0.2, -0.15) is 0 Å². The summed E-state index contributed by atoms with van der Waals surface area (Å²) in [6.45, 7) is 13.5. The summed E-state index contributed by atoms with van der Waals surface area (Å²) in [6.07, 6.45) is 0. The van der Waals surface area contributed by atoms with Gasteiger partial charge in [-0.1, -0.05) is 175 Å². The second-order valence-corrected chi connectivity index (χ2v) is 19.0. The van der Waals surface area contributed by atoms with E-state index in [2.05, 4.69) is 211 Å². The van der Waals surface area contributed by atoms with Crippen molar-refractivity contribution >= 4 is 87.2 Å². The van der Waals surface area contributed by atoms with E-state index in [-0.39, 0.29) is 10.8 Å². The van der Waals surface area contributed by atoms with Gasteiger partial charge in [-0.15, -0.1) is 0 Å². The molecule has 0 radical (unpaired) electrons. The van der Waals surface area contributed by atoms with E-state index in [1.54, 1.807) is 0 Å². The monoisotopic (exact) mass is 826 g/mol. The van der Waals surface area contributed by atoms with Gasteiger partial charge in [-0.3, -0.25) is 0 Å². The van der Waals surface area contributed by atoms with E-state index in [4.69, 9.17) is 29.9 Å². The summed E-state index contributed by atoms with van der Waals surface area (Å²) in [4.78, 5) is 31.0. The topological polar surface area (TPSA) is 77.3 Å². The maximum Gasteiger partial charge on any atom is 0.164 e. The maximum absolute atomic E-state index is 5.17. The van der Waals surface area contributed by atoms with Crippen molar-refractivity contribution in [3.05, 3.63) is 181 Å². The number of fused-ring (bicyclic) bond motifs is 20. The molecule has 0 fully saturated rings. The summed E-state index contributed by atoms with van der Waals surface area (Å²) in [5.74, 6) is 1.24. The molecule has 6 nitrogen and oxygen atoms in total. The van der Waals surface area contributed by atoms with Crippen molar-refractivity contribution in [2.45, 2.75) is 52.4 Å². The van der Waals surface area contributed by atoms with E-state index in [0.717, 1.165) is 65.0 Å². The first-order chi connectivity index (χ1) is 30.9. The highest BCUT2D eigenvalue weighted by molar-refractivity contribution is 5.98. The largest absolute Gasteiger partial charge is 0.208 e. The van der Waals surface area contributed by atoms with E-state index in [1.165, 1.54) is 21.9 Å². The molecule has 3 heterocycles. The van der Waals surface area contributed by atoms with Crippen molar-refractivity contribution in [2.24, 2.45) is 0 Å². The number of aromatic nitrogens is 6. The zero-order valence-corrected chi connectivity index (χ0v) is 36.8. The summed E-state index contributed by atoms with van der Waals surface area (Å²) in [7, 11) is 0. The fraction of sp³-hybridized carbons (Fsp3) is 0.138. The maximum atomic E-state index is 5.17. The summed E-state index contributed by atoms with van der Waals surface area (Å²) in [5.41, 5.74) is 7.00. The lowest BCUT2D eigenvalue weighted by atomic mass is 9.86. The summed E-state index contributed by atoms with van der Waals surface area (Å²) >= 11 is 0. The third kappa shape index (κ3) is 7.41. The predicted molar refractivity (Wildman–Crippen MR) is 268 cm³/mol. The van der Waals surface area contributed by atoms with Gasteiger partial charge >= 0.3 is 0 Å². The van der Waals surface area contributed by atoms with Crippen LogP contribution in [0.3, 0.4) is 0 Å². The lowest BCUT2D eigenvalue weighted by Gasteiger charge is -2.19. The normalized spacial score (nSPS) is 12.2. The highest BCUT2D eigenvalue weighted by atomic mass is 15.0. The van der Waals surface area contributed by atoms with Gasteiger partial charge in [0.25, 0.3) is 0 Å². The van der Waals surface area contributed by atoms with Crippen LogP contribution in [0.2, 0.25) is 0 Å². The van der Waals surface area contributed by atoms with Crippen LogP contribution in [0.4, 0.5) is 0 Å². The van der Waals surface area contributed by atoms with Crippen LogP contribution in [-0.2, 0) is 10.8 Å². The van der Waals surface area contributed by atoms with Gasteiger partial charge in [0, 0.05) is 32.7 Å². The van der Waals surface area contributed by atoms with Crippen LogP contribution in [0, 0.1) is 0 Å². The lowest BCUT2D eigenvalue weighted by molar-refractivity contribution is 0.591. The molecule has 6 heteroatoms. The standard InChI is InChI=1S/C58H46N6/c1-57(2,3)49-25-23-39-31-47(21-19-41(39)33-49)55-61-51-43-15-7-11-35(27-43)37-13-9-17-45(29-37)53-60-54(46-18-10-14-38(30-46)36-12-8-16-44(28-36)52(59-51)62-55)64-56(63-53)48-22-20-42-34-50(58(4,5)6)26-24-40(42)32-48/h7-34H,1-6H3. The van der Waals surface area contributed by atoms with E-state index < -0.39 is 0 Å². The van der Waals surface area contributed by atoms with Gasteiger partial charge in [0.2, 0.25) is 0 Å². The van der Waals surface area contributed by atoms with Gasteiger partial charge in [0.15, 0.2) is 34.2 Å². The van der Waals surface area contributed by atoms with Crippen LogP contribution in [0.1, 0.15) is 52.7 Å². The molecule has 0 saturated heterocycles. The SMILES string of the molecule is CC(C)(C)c1ccc2cc(-c3nc4nc(n3)c3cccc(c3)c3cccc(c3)c3nc(-c5ccc6cc(C(C)(C)C)ccc6c5)nc(n3)c3cccc(c3)c3cccc4c3)ccc2c1. The van der Waals surface area contributed by atoms with Gasteiger partial charge in [0.05, 0.1) is 0 Å². The molecule has 0 spiro atoms. The predicted octanol–water partition coefficient (Wildman–Crippen LogP) is 14.9. The second kappa shape index (κ2) is 15.0. The Labute approximate surface area is 371 Å². The molecule has 12 bridgehead atoms. The molecule has 11 rings (SSSR count). The Morgan fingerprint density at radius 3 is 0.828 bits per heavy atom. The van der Waals surface area contributed by atoms with Gasteiger partial charge < -0.3 is 0 Å². The number of hydrogen-bond donors (Lipinski definition) is 0. The zero-order valence-electron chi connectivity index (χ0n) is 36.8. The fourth-order valence-corrected chi connectivity index (χ4v) is 8.58. The molecule has 0 saturated carbocycles. The Hall–Kier alpha value is -7.70. The first-order valence-electron chi connectivity index (χ1n) is 21.9. The molecule has 0 N–H and O–H groups in total. The number of rotatable bonds is 2. The first-order valence-corrected chi connectivity index (χ1v) is 21.9. The molecule has 0 aliphatic heterocycles. The molecule has 11 aromatic rings. The lowest BCUT2D eigenvalue weighted by Crippen LogP contribution is -2.10. The third-order valence-corrected chi connectivity index (χ3v) is 12.3. The quantitative estimate of drug-likeness (QED) is 0.173. The minimum absolute atomic E-state index is 0.0577.